The Hall–Kier alpha value is -2.21. The summed E-state index contributed by atoms with van der Waals surface area (Å²) >= 11 is 0. The van der Waals surface area contributed by atoms with Crippen molar-refractivity contribution in [3.8, 4) is 11.5 Å². The van der Waals surface area contributed by atoms with Gasteiger partial charge >= 0.3 is 6.01 Å². The van der Waals surface area contributed by atoms with E-state index in [9.17, 15) is 4.79 Å². The number of hydrogen-bond donors (Lipinski definition) is 1. The molecule has 0 aliphatic rings. The Labute approximate surface area is 97.6 Å². The number of hydrogen-bond acceptors (Lipinski definition) is 5. The first-order chi connectivity index (χ1) is 8.29. The van der Waals surface area contributed by atoms with Gasteiger partial charge in [0.1, 0.15) is 6.61 Å². The number of anilines is 1. The highest BCUT2D eigenvalue weighted by Crippen LogP contribution is 2.18. The van der Waals surface area contributed by atoms with Gasteiger partial charge in [-0.3, -0.25) is 10.1 Å². The van der Waals surface area contributed by atoms with Crippen LogP contribution in [-0.4, -0.2) is 29.8 Å². The number of methoxy groups -OCH3 is 1. The second kappa shape index (κ2) is 5.22. The molecular weight excluding hydrogens is 222 g/mol. The maximum Gasteiger partial charge on any atom is 0.322 e. The molecule has 0 unspecified atom stereocenters. The van der Waals surface area contributed by atoms with E-state index >= 15 is 0 Å². The molecule has 17 heavy (non-hydrogen) atoms. The van der Waals surface area contributed by atoms with E-state index in [-0.39, 0.29) is 18.5 Å². The summed E-state index contributed by atoms with van der Waals surface area (Å²) in [5, 5.41) is 9.97. The van der Waals surface area contributed by atoms with E-state index in [1.165, 1.54) is 7.11 Å². The van der Waals surface area contributed by atoms with Gasteiger partial charge < -0.3 is 9.15 Å². The lowest BCUT2D eigenvalue weighted by molar-refractivity contribution is -0.119. The van der Waals surface area contributed by atoms with Gasteiger partial charge in [0.05, 0.1) is 0 Å². The molecule has 6 heteroatoms. The summed E-state index contributed by atoms with van der Waals surface area (Å²) in [4.78, 5) is 11.2. The molecule has 1 N–H and O–H groups in total. The fourth-order valence-electron chi connectivity index (χ4n) is 1.26. The first kappa shape index (κ1) is 11.3. The minimum atomic E-state index is -0.337. The normalized spacial score (nSPS) is 10.2. The number of nitrogens with zero attached hydrogens (tertiary/aromatic N) is 2. The highest BCUT2D eigenvalue weighted by atomic mass is 16.5. The summed E-state index contributed by atoms with van der Waals surface area (Å²) in [6.45, 7) is -0.0525. The number of amides is 1. The SMILES string of the molecule is COCC(=O)Nc1nnc(-c2ccccc2)o1. The largest absolute Gasteiger partial charge is 0.403 e. The Kier molecular flexibility index (Phi) is 3.46. The average molecular weight is 233 g/mol. The predicted octanol–water partition coefficient (Wildman–Crippen LogP) is 1.32. The van der Waals surface area contributed by atoms with Crippen molar-refractivity contribution in [1.82, 2.24) is 10.2 Å². The lowest BCUT2D eigenvalue weighted by atomic mass is 10.2. The number of rotatable bonds is 4. The van der Waals surface area contributed by atoms with Gasteiger partial charge in [0, 0.05) is 12.7 Å². The molecule has 2 aromatic rings. The van der Waals surface area contributed by atoms with Crippen LogP contribution in [0.1, 0.15) is 0 Å². The molecule has 0 bridgehead atoms. The van der Waals surface area contributed by atoms with E-state index in [0.717, 1.165) is 5.56 Å². The van der Waals surface area contributed by atoms with Crippen molar-refractivity contribution < 1.29 is 13.9 Å². The van der Waals surface area contributed by atoms with Crippen molar-refractivity contribution >= 4 is 11.9 Å². The van der Waals surface area contributed by atoms with Crippen LogP contribution in [0, 0.1) is 0 Å². The Morgan fingerprint density at radius 1 is 1.35 bits per heavy atom. The van der Waals surface area contributed by atoms with Crippen LogP contribution >= 0.6 is 0 Å². The maximum absolute atomic E-state index is 11.2. The second-order valence-corrected chi connectivity index (χ2v) is 3.26. The van der Waals surface area contributed by atoms with Crippen LogP contribution in [0.25, 0.3) is 11.5 Å². The average Bonchev–Trinajstić information content (AvgIpc) is 2.79. The monoisotopic (exact) mass is 233 g/mol. The zero-order chi connectivity index (χ0) is 12.1. The topological polar surface area (TPSA) is 77.2 Å². The van der Waals surface area contributed by atoms with Crippen LogP contribution in [0.3, 0.4) is 0 Å². The molecule has 1 heterocycles. The van der Waals surface area contributed by atoms with Gasteiger partial charge in [-0.05, 0) is 12.1 Å². The minimum absolute atomic E-state index is 0.0525. The van der Waals surface area contributed by atoms with Gasteiger partial charge in [0.25, 0.3) is 5.91 Å². The van der Waals surface area contributed by atoms with Crippen LogP contribution in [0.2, 0.25) is 0 Å². The second-order valence-electron chi connectivity index (χ2n) is 3.26. The molecule has 6 nitrogen and oxygen atoms in total. The standard InChI is InChI=1S/C11H11N3O3/c1-16-7-9(15)12-11-14-13-10(17-11)8-5-3-2-4-6-8/h2-6H,7H2,1H3,(H,12,14,15). The molecule has 1 aromatic carbocycles. The molecule has 0 saturated carbocycles. The van der Waals surface area contributed by atoms with Crippen LogP contribution in [0.5, 0.6) is 0 Å². The molecule has 0 radical (unpaired) electrons. The first-order valence-electron chi connectivity index (χ1n) is 4.97. The number of carbonyl (C=O) groups excluding carboxylic acids is 1. The molecule has 0 aliphatic heterocycles. The molecule has 88 valence electrons. The zero-order valence-electron chi connectivity index (χ0n) is 9.21. The molecule has 0 spiro atoms. The van der Waals surface area contributed by atoms with Gasteiger partial charge in [0.15, 0.2) is 0 Å². The van der Waals surface area contributed by atoms with Crippen molar-refractivity contribution in [2.75, 3.05) is 19.0 Å². The molecule has 0 atom stereocenters. The fourth-order valence-corrected chi connectivity index (χ4v) is 1.26. The number of nitrogens with one attached hydrogen (secondary N) is 1. The lowest BCUT2D eigenvalue weighted by Crippen LogP contribution is -2.17. The van der Waals surface area contributed by atoms with Crippen LogP contribution in [-0.2, 0) is 9.53 Å². The number of aromatic nitrogens is 2. The van der Waals surface area contributed by atoms with Crippen molar-refractivity contribution in [3.63, 3.8) is 0 Å². The Morgan fingerprint density at radius 3 is 2.82 bits per heavy atom. The molecule has 2 rings (SSSR count). The van der Waals surface area contributed by atoms with Crippen LogP contribution < -0.4 is 5.32 Å². The summed E-state index contributed by atoms with van der Waals surface area (Å²) in [6, 6.07) is 9.36. The Balaban J connectivity index is 2.09. The first-order valence-corrected chi connectivity index (χ1v) is 4.97. The minimum Gasteiger partial charge on any atom is -0.403 e. The Morgan fingerprint density at radius 2 is 2.12 bits per heavy atom. The van der Waals surface area contributed by atoms with Crippen molar-refractivity contribution in [2.24, 2.45) is 0 Å². The smallest absolute Gasteiger partial charge is 0.322 e. The predicted molar refractivity (Wildman–Crippen MR) is 60.2 cm³/mol. The maximum atomic E-state index is 11.2. The molecule has 1 amide bonds. The van der Waals surface area contributed by atoms with Crippen molar-refractivity contribution in [1.29, 1.82) is 0 Å². The lowest BCUT2D eigenvalue weighted by Gasteiger charge is -1.97. The summed E-state index contributed by atoms with van der Waals surface area (Å²) in [7, 11) is 1.43. The number of carbonyl (C=O) groups is 1. The molecular formula is C11H11N3O3. The number of ether oxygens (including phenoxy) is 1. The van der Waals surface area contributed by atoms with Gasteiger partial charge in [-0.1, -0.05) is 23.3 Å². The molecule has 1 aromatic heterocycles. The highest BCUT2D eigenvalue weighted by molar-refractivity contribution is 5.89. The van der Waals surface area contributed by atoms with Crippen LogP contribution in [0.15, 0.2) is 34.7 Å². The van der Waals surface area contributed by atoms with E-state index in [0.29, 0.717) is 5.89 Å². The van der Waals surface area contributed by atoms with Crippen molar-refractivity contribution in [2.45, 2.75) is 0 Å². The quantitative estimate of drug-likeness (QED) is 0.861. The van der Waals surface area contributed by atoms with Crippen molar-refractivity contribution in [3.05, 3.63) is 30.3 Å². The highest BCUT2D eigenvalue weighted by Gasteiger charge is 2.10. The van der Waals surface area contributed by atoms with Gasteiger partial charge in [0.2, 0.25) is 5.89 Å². The van der Waals surface area contributed by atoms with Crippen LogP contribution in [0.4, 0.5) is 6.01 Å². The summed E-state index contributed by atoms with van der Waals surface area (Å²) < 4.78 is 9.94. The summed E-state index contributed by atoms with van der Waals surface area (Å²) in [5.41, 5.74) is 0.798. The zero-order valence-corrected chi connectivity index (χ0v) is 9.21. The van der Waals surface area contributed by atoms with Gasteiger partial charge in [-0.25, -0.2) is 0 Å². The molecule has 0 fully saturated rings. The number of benzene rings is 1. The summed E-state index contributed by atoms with van der Waals surface area (Å²) in [6.07, 6.45) is 0. The fraction of sp³-hybridized carbons (Fsp3) is 0.182. The van der Waals surface area contributed by atoms with E-state index in [1.807, 2.05) is 30.3 Å². The molecule has 0 saturated heterocycles. The third-order valence-electron chi connectivity index (χ3n) is 1.97. The van der Waals surface area contributed by atoms with Gasteiger partial charge in [-0.15, -0.1) is 5.10 Å². The van der Waals surface area contributed by atoms with E-state index < -0.39 is 0 Å². The van der Waals surface area contributed by atoms with E-state index in [2.05, 4.69) is 20.3 Å². The van der Waals surface area contributed by atoms with Gasteiger partial charge in [-0.2, -0.15) is 0 Å². The van der Waals surface area contributed by atoms with E-state index in [4.69, 9.17) is 4.42 Å². The third-order valence-corrected chi connectivity index (χ3v) is 1.97. The summed E-state index contributed by atoms with van der Waals surface area (Å²) in [5.74, 6) is 0.0223. The third kappa shape index (κ3) is 2.88. The molecule has 0 aliphatic carbocycles. The Bertz CT molecular complexity index is 496. The van der Waals surface area contributed by atoms with E-state index in [1.54, 1.807) is 0 Å².